The summed E-state index contributed by atoms with van der Waals surface area (Å²) in [6.07, 6.45) is 11.5. The molecular weight excluding hydrogens is 336 g/mol. The highest BCUT2D eigenvalue weighted by Gasteiger charge is 2.28. The first-order valence-corrected chi connectivity index (χ1v) is 10.2. The third-order valence-corrected chi connectivity index (χ3v) is 6.08. The Balaban J connectivity index is 1.64. The van der Waals surface area contributed by atoms with Crippen LogP contribution in [0.15, 0.2) is 42.9 Å². The zero-order valence-electron chi connectivity index (χ0n) is 15.6. The highest BCUT2D eigenvalue weighted by molar-refractivity contribution is 5.79. The van der Waals surface area contributed by atoms with E-state index in [2.05, 4.69) is 45.1 Å². The van der Waals surface area contributed by atoms with E-state index in [4.69, 9.17) is 9.72 Å². The number of aromatic amines is 1. The number of rotatable bonds is 4. The van der Waals surface area contributed by atoms with Crippen LogP contribution >= 0.6 is 0 Å². The molecule has 1 atom stereocenters. The highest BCUT2D eigenvalue weighted by Crippen LogP contribution is 2.41. The van der Waals surface area contributed by atoms with E-state index in [1.165, 1.54) is 49.1 Å². The molecule has 1 aliphatic carbocycles. The molecule has 2 fully saturated rings. The summed E-state index contributed by atoms with van der Waals surface area (Å²) < 4.78 is 8.00. The van der Waals surface area contributed by atoms with Gasteiger partial charge in [0.05, 0.1) is 36.6 Å². The Morgan fingerprint density at radius 3 is 2.67 bits per heavy atom. The standard InChI is InChI=1S/C22H26N4O/c1-3-7-16(8-4-1)20-19(13-24-25-20)22-21(17-9-5-2-6-10-17)23-15-26(22)18-11-12-27-14-18/h2,5-6,9-10,13,15-16,18H,1,3-4,7-8,11-12,14H2,(H,24,25)/t18-/m0/s1. The maximum atomic E-state index is 5.67. The fourth-order valence-corrected chi connectivity index (χ4v) is 4.64. The minimum absolute atomic E-state index is 0.346. The third-order valence-electron chi connectivity index (χ3n) is 6.08. The van der Waals surface area contributed by atoms with Crippen molar-refractivity contribution in [3.63, 3.8) is 0 Å². The summed E-state index contributed by atoms with van der Waals surface area (Å²) in [6, 6.07) is 10.8. The van der Waals surface area contributed by atoms with E-state index < -0.39 is 0 Å². The smallest absolute Gasteiger partial charge is 0.0964 e. The van der Waals surface area contributed by atoms with Gasteiger partial charge >= 0.3 is 0 Å². The summed E-state index contributed by atoms with van der Waals surface area (Å²) in [5, 5.41) is 7.80. The van der Waals surface area contributed by atoms with Crippen molar-refractivity contribution < 1.29 is 4.74 Å². The van der Waals surface area contributed by atoms with Crippen molar-refractivity contribution in [2.45, 2.75) is 50.5 Å². The predicted octanol–water partition coefficient (Wildman–Crippen LogP) is 4.95. The van der Waals surface area contributed by atoms with E-state index >= 15 is 0 Å². The van der Waals surface area contributed by atoms with Crippen LogP contribution in [0.3, 0.4) is 0 Å². The van der Waals surface area contributed by atoms with Crippen LogP contribution < -0.4 is 0 Å². The fourth-order valence-electron chi connectivity index (χ4n) is 4.64. The van der Waals surface area contributed by atoms with Crippen LogP contribution in [0, 0.1) is 0 Å². The number of benzene rings is 1. The summed E-state index contributed by atoms with van der Waals surface area (Å²) in [4.78, 5) is 4.84. The topological polar surface area (TPSA) is 55.7 Å². The number of nitrogens with one attached hydrogen (secondary N) is 1. The Morgan fingerprint density at radius 2 is 1.89 bits per heavy atom. The van der Waals surface area contributed by atoms with E-state index in [0.717, 1.165) is 30.9 Å². The lowest BCUT2D eigenvalue weighted by Gasteiger charge is -2.22. The van der Waals surface area contributed by atoms with Crippen molar-refractivity contribution in [3.05, 3.63) is 48.5 Å². The number of nitrogens with zero attached hydrogens (tertiary/aromatic N) is 3. The summed E-state index contributed by atoms with van der Waals surface area (Å²) in [6.45, 7) is 1.58. The molecule has 0 amide bonds. The van der Waals surface area contributed by atoms with Crippen molar-refractivity contribution in [1.29, 1.82) is 0 Å². The lowest BCUT2D eigenvalue weighted by molar-refractivity contribution is 0.187. The van der Waals surface area contributed by atoms with Crippen LogP contribution in [0.2, 0.25) is 0 Å². The van der Waals surface area contributed by atoms with E-state index in [-0.39, 0.29) is 0 Å². The molecule has 1 saturated heterocycles. The molecule has 0 spiro atoms. The Hall–Kier alpha value is -2.40. The Labute approximate surface area is 159 Å². The molecule has 5 nitrogen and oxygen atoms in total. The lowest BCUT2D eigenvalue weighted by Crippen LogP contribution is -2.11. The average molecular weight is 362 g/mol. The number of ether oxygens (including phenoxy) is 1. The molecule has 1 aromatic carbocycles. The molecule has 27 heavy (non-hydrogen) atoms. The maximum Gasteiger partial charge on any atom is 0.0964 e. The van der Waals surface area contributed by atoms with E-state index in [0.29, 0.717) is 12.0 Å². The van der Waals surface area contributed by atoms with Gasteiger partial charge in [-0.05, 0) is 19.3 Å². The van der Waals surface area contributed by atoms with Gasteiger partial charge in [-0.1, -0.05) is 49.6 Å². The molecular formula is C22H26N4O. The number of aromatic nitrogens is 4. The predicted molar refractivity (Wildman–Crippen MR) is 106 cm³/mol. The fraction of sp³-hybridized carbons (Fsp3) is 0.455. The minimum Gasteiger partial charge on any atom is -0.379 e. The van der Waals surface area contributed by atoms with Crippen molar-refractivity contribution in [1.82, 2.24) is 19.7 Å². The van der Waals surface area contributed by atoms with Crippen molar-refractivity contribution in [2.75, 3.05) is 13.2 Å². The van der Waals surface area contributed by atoms with Crippen LogP contribution in [0.4, 0.5) is 0 Å². The molecule has 2 aliphatic rings. The molecule has 3 aromatic rings. The number of hydrogen-bond acceptors (Lipinski definition) is 3. The Bertz CT molecular complexity index is 886. The van der Waals surface area contributed by atoms with Gasteiger partial charge in [-0.2, -0.15) is 5.10 Å². The highest BCUT2D eigenvalue weighted by atomic mass is 16.5. The second-order valence-electron chi connectivity index (χ2n) is 7.76. The van der Waals surface area contributed by atoms with Crippen LogP contribution in [-0.4, -0.2) is 33.0 Å². The maximum absolute atomic E-state index is 5.67. The first kappa shape index (κ1) is 16.8. The van der Waals surface area contributed by atoms with Crippen LogP contribution in [-0.2, 0) is 4.74 Å². The SMILES string of the molecule is c1ccc(-c2ncn([C@H]3CCOC3)c2-c2cn[nH]c2C2CCCCC2)cc1. The molecule has 0 unspecified atom stereocenters. The quantitative estimate of drug-likeness (QED) is 0.714. The number of H-pyrrole nitrogens is 1. The first-order chi connectivity index (χ1) is 13.4. The second kappa shape index (κ2) is 7.31. The molecule has 1 aliphatic heterocycles. The largest absolute Gasteiger partial charge is 0.379 e. The van der Waals surface area contributed by atoms with Gasteiger partial charge < -0.3 is 9.30 Å². The number of imidazole rings is 1. The summed E-state index contributed by atoms with van der Waals surface area (Å²) in [5.41, 5.74) is 5.88. The molecule has 5 heteroatoms. The van der Waals surface area contributed by atoms with E-state index in [1.54, 1.807) is 0 Å². The van der Waals surface area contributed by atoms with Crippen molar-refractivity contribution in [2.24, 2.45) is 0 Å². The Morgan fingerprint density at radius 1 is 1.04 bits per heavy atom. The van der Waals surface area contributed by atoms with Gasteiger partial charge in [0.15, 0.2) is 0 Å². The molecule has 1 N–H and O–H groups in total. The molecule has 3 heterocycles. The van der Waals surface area contributed by atoms with Gasteiger partial charge in [-0.25, -0.2) is 4.98 Å². The third kappa shape index (κ3) is 3.10. The van der Waals surface area contributed by atoms with Crippen LogP contribution in [0.1, 0.15) is 56.2 Å². The van der Waals surface area contributed by atoms with Gasteiger partial charge in [0, 0.05) is 29.3 Å². The van der Waals surface area contributed by atoms with Crippen molar-refractivity contribution >= 4 is 0 Å². The first-order valence-electron chi connectivity index (χ1n) is 10.2. The van der Waals surface area contributed by atoms with Crippen molar-refractivity contribution in [3.8, 4) is 22.5 Å². The average Bonchev–Trinajstić information content (AvgIpc) is 3.48. The molecule has 0 bridgehead atoms. The van der Waals surface area contributed by atoms with Gasteiger partial charge in [-0.3, -0.25) is 5.10 Å². The normalized spacial score (nSPS) is 21.0. The number of hydrogen-bond donors (Lipinski definition) is 1. The molecule has 2 aromatic heterocycles. The van der Waals surface area contributed by atoms with Gasteiger partial charge in [0.25, 0.3) is 0 Å². The minimum atomic E-state index is 0.346. The molecule has 1 saturated carbocycles. The summed E-state index contributed by atoms with van der Waals surface area (Å²) >= 11 is 0. The summed E-state index contributed by atoms with van der Waals surface area (Å²) in [5.74, 6) is 0.572. The van der Waals surface area contributed by atoms with E-state index in [1.807, 2.05) is 12.5 Å². The van der Waals surface area contributed by atoms with Crippen LogP contribution in [0.25, 0.3) is 22.5 Å². The lowest BCUT2D eigenvalue weighted by atomic mass is 9.85. The Kier molecular flexibility index (Phi) is 4.54. The molecule has 140 valence electrons. The van der Waals surface area contributed by atoms with Gasteiger partial charge in [0.1, 0.15) is 0 Å². The monoisotopic (exact) mass is 362 g/mol. The second-order valence-corrected chi connectivity index (χ2v) is 7.76. The molecule has 5 rings (SSSR count). The zero-order chi connectivity index (χ0) is 18.1. The van der Waals surface area contributed by atoms with Crippen LogP contribution in [0.5, 0.6) is 0 Å². The van der Waals surface area contributed by atoms with Gasteiger partial charge in [0.2, 0.25) is 0 Å². The van der Waals surface area contributed by atoms with Gasteiger partial charge in [-0.15, -0.1) is 0 Å². The zero-order valence-corrected chi connectivity index (χ0v) is 15.6. The van der Waals surface area contributed by atoms with E-state index in [9.17, 15) is 0 Å². The molecule has 0 radical (unpaired) electrons. The summed E-state index contributed by atoms with van der Waals surface area (Å²) in [7, 11) is 0.